The van der Waals surface area contributed by atoms with Crippen LogP contribution >= 0.6 is 0 Å². The van der Waals surface area contributed by atoms with Crippen LogP contribution in [0.15, 0.2) is 48.0 Å². The lowest BCUT2D eigenvalue weighted by Gasteiger charge is -2.11. The van der Waals surface area contributed by atoms with Crippen molar-refractivity contribution in [3.63, 3.8) is 0 Å². The van der Waals surface area contributed by atoms with Gasteiger partial charge in [-0.3, -0.25) is 4.79 Å². The Morgan fingerprint density at radius 1 is 1.14 bits per heavy atom. The first-order valence-corrected chi connectivity index (χ1v) is 8.99. The number of nitrogens with one attached hydrogen (secondary N) is 1. The van der Waals surface area contributed by atoms with Crippen molar-refractivity contribution in [3.8, 4) is 23.3 Å². The van der Waals surface area contributed by atoms with Gasteiger partial charge < -0.3 is 19.5 Å². The minimum atomic E-state index is -0.502. The smallest absolute Gasteiger partial charge is 0.266 e. The molecule has 0 aliphatic carbocycles. The van der Waals surface area contributed by atoms with Gasteiger partial charge in [-0.1, -0.05) is 25.5 Å². The summed E-state index contributed by atoms with van der Waals surface area (Å²) in [6, 6.07) is 14.2. The highest BCUT2D eigenvalue weighted by Gasteiger charge is 2.11. The molecule has 0 fully saturated rings. The van der Waals surface area contributed by atoms with Crippen molar-refractivity contribution in [3.05, 3.63) is 53.6 Å². The van der Waals surface area contributed by atoms with Crippen molar-refractivity contribution >= 4 is 17.7 Å². The minimum Gasteiger partial charge on any atom is -0.497 e. The van der Waals surface area contributed by atoms with Gasteiger partial charge in [-0.15, -0.1) is 0 Å². The minimum absolute atomic E-state index is 0.0236. The van der Waals surface area contributed by atoms with Crippen LogP contribution in [0, 0.1) is 11.3 Å². The zero-order valence-corrected chi connectivity index (χ0v) is 16.3. The first kappa shape index (κ1) is 20.8. The molecule has 0 aliphatic rings. The van der Waals surface area contributed by atoms with Crippen LogP contribution in [-0.2, 0) is 4.79 Å². The van der Waals surface area contributed by atoms with E-state index < -0.39 is 5.91 Å². The third-order valence-corrected chi connectivity index (χ3v) is 3.95. The molecule has 0 aromatic heterocycles. The van der Waals surface area contributed by atoms with Gasteiger partial charge in [0.1, 0.15) is 17.4 Å². The Bertz CT molecular complexity index is 884. The summed E-state index contributed by atoms with van der Waals surface area (Å²) in [7, 11) is 3.10. The average molecular weight is 380 g/mol. The van der Waals surface area contributed by atoms with Crippen molar-refractivity contribution in [2.45, 2.75) is 19.8 Å². The third kappa shape index (κ3) is 5.78. The Morgan fingerprint density at radius 3 is 2.64 bits per heavy atom. The molecule has 1 amide bonds. The number of ether oxygens (including phenoxy) is 3. The summed E-state index contributed by atoms with van der Waals surface area (Å²) in [6.07, 6.45) is 3.50. The monoisotopic (exact) mass is 380 g/mol. The van der Waals surface area contributed by atoms with E-state index in [0.29, 0.717) is 35.1 Å². The van der Waals surface area contributed by atoms with E-state index in [2.05, 4.69) is 12.2 Å². The third-order valence-electron chi connectivity index (χ3n) is 3.95. The molecule has 0 spiro atoms. The van der Waals surface area contributed by atoms with Gasteiger partial charge in [0.15, 0.2) is 11.5 Å². The zero-order chi connectivity index (χ0) is 20.4. The largest absolute Gasteiger partial charge is 0.497 e. The average Bonchev–Trinajstić information content (AvgIpc) is 2.72. The van der Waals surface area contributed by atoms with Gasteiger partial charge in [0.2, 0.25) is 0 Å². The summed E-state index contributed by atoms with van der Waals surface area (Å²) < 4.78 is 16.2. The molecule has 2 aromatic carbocycles. The molecule has 6 nitrogen and oxygen atoms in total. The van der Waals surface area contributed by atoms with E-state index in [0.717, 1.165) is 12.8 Å². The fourth-order valence-corrected chi connectivity index (χ4v) is 2.43. The number of nitrogens with zero attached hydrogens (tertiary/aromatic N) is 1. The molecule has 0 heterocycles. The van der Waals surface area contributed by atoms with Gasteiger partial charge in [-0.05, 0) is 42.3 Å². The van der Waals surface area contributed by atoms with E-state index in [1.54, 1.807) is 56.7 Å². The summed E-state index contributed by atoms with van der Waals surface area (Å²) >= 11 is 0. The maximum atomic E-state index is 12.4. The van der Waals surface area contributed by atoms with E-state index in [4.69, 9.17) is 14.2 Å². The molecule has 0 radical (unpaired) electrons. The molecule has 2 rings (SSSR count). The van der Waals surface area contributed by atoms with Gasteiger partial charge in [-0.25, -0.2) is 0 Å². The SMILES string of the molecule is CCCCOc1ccc(C=C(C#N)C(=O)Nc2cccc(OC)c2)cc1OC. The van der Waals surface area contributed by atoms with Crippen LogP contribution in [0.2, 0.25) is 0 Å². The van der Waals surface area contributed by atoms with Gasteiger partial charge in [-0.2, -0.15) is 5.26 Å². The zero-order valence-electron chi connectivity index (χ0n) is 16.3. The lowest BCUT2D eigenvalue weighted by atomic mass is 10.1. The number of carbonyl (C=O) groups is 1. The number of rotatable bonds is 9. The number of anilines is 1. The second-order valence-electron chi connectivity index (χ2n) is 5.97. The van der Waals surface area contributed by atoms with Crippen LogP contribution in [0.1, 0.15) is 25.3 Å². The Morgan fingerprint density at radius 2 is 1.96 bits per heavy atom. The molecule has 1 N–H and O–H groups in total. The molecular weight excluding hydrogens is 356 g/mol. The van der Waals surface area contributed by atoms with Crippen molar-refractivity contribution in [1.29, 1.82) is 5.26 Å². The predicted molar refractivity (Wildman–Crippen MR) is 109 cm³/mol. The number of benzene rings is 2. The lowest BCUT2D eigenvalue weighted by Crippen LogP contribution is -2.13. The highest BCUT2D eigenvalue weighted by Crippen LogP contribution is 2.29. The molecule has 0 aliphatic heterocycles. The Kier molecular flexibility index (Phi) is 7.92. The number of amides is 1. The van der Waals surface area contributed by atoms with Crippen molar-refractivity contribution < 1.29 is 19.0 Å². The van der Waals surface area contributed by atoms with Gasteiger partial charge in [0.25, 0.3) is 5.91 Å². The van der Waals surface area contributed by atoms with Crippen molar-refractivity contribution in [1.82, 2.24) is 0 Å². The number of hydrogen-bond acceptors (Lipinski definition) is 5. The lowest BCUT2D eigenvalue weighted by molar-refractivity contribution is -0.112. The second-order valence-corrected chi connectivity index (χ2v) is 5.97. The van der Waals surface area contributed by atoms with E-state index in [9.17, 15) is 10.1 Å². The summed E-state index contributed by atoms with van der Waals surface area (Å²) in [5.41, 5.74) is 1.18. The standard InChI is InChI=1S/C22H24N2O4/c1-4-5-11-28-20-10-9-16(13-21(20)27-3)12-17(15-23)22(25)24-18-7-6-8-19(14-18)26-2/h6-10,12-14H,4-5,11H2,1-3H3,(H,24,25). The molecule has 0 unspecified atom stereocenters. The molecule has 6 heteroatoms. The number of unbranched alkanes of at least 4 members (excludes halogenated alkanes) is 1. The number of carbonyl (C=O) groups excluding carboxylic acids is 1. The van der Waals surface area contributed by atoms with Crippen LogP contribution in [-0.4, -0.2) is 26.7 Å². The highest BCUT2D eigenvalue weighted by atomic mass is 16.5. The van der Waals surface area contributed by atoms with Gasteiger partial charge in [0.05, 0.1) is 20.8 Å². The second kappa shape index (κ2) is 10.6. The van der Waals surface area contributed by atoms with E-state index in [1.807, 2.05) is 6.07 Å². The summed E-state index contributed by atoms with van der Waals surface area (Å²) in [5, 5.41) is 12.1. The Labute approximate surface area is 165 Å². The van der Waals surface area contributed by atoms with Gasteiger partial charge >= 0.3 is 0 Å². The quantitative estimate of drug-likeness (QED) is 0.395. The van der Waals surface area contributed by atoms with E-state index >= 15 is 0 Å². The van der Waals surface area contributed by atoms with Crippen LogP contribution in [0.25, 0.3) is 6.08 Å². The normalized spacial score (nSPS) is 10.7. The highest BCUT2D eigenvalue weighted by molar-refractivity contribution is 6.09. The molecule has 2 aromatic rings. The molecule has 146 valence electrons. The first-order valence-electron chi connectivity index (χ1n) is 8.99. The molecular formula is C22H24N2O4. The predicted octanol–water partition coefficient (Wildman–Crippen LogP) is 4.43. The summed E-state index contributed by atoms with van der Waals surface area (Å²) in [6.45, 7) is 2.70. The summed E-state index contributed by atoms with van der Waals surface area (Å²) in [5.74, 6) is 1.30. The Balaban J connectivity index is 2.18. The number of hydrogen-bond donors (Lipinski definition) is 1. The molecule has 0 saturated heterocycles. The van der Waals surface area contributed by atoms with E-state index in [1.165, 1.54) is 6.08 Å². The fourth-order valence-electron chi connectivity index (χ4n) is 2.43. The van der Waals surface area contributed by atoms with Crippen LogP contribution in [0.4, 0.5) is 5.69 Å². The van der Waals surface area contributed by atoms with Gasteiger partial charge in [0, 0.05) is 11.8 Å². The molecule has 0 saturated carbocycles. The molecule has 0 bridgehead atoms. The van der Waals surface area contributed by atoms with Crippen molar-refractivity contribution in [2.24, 2.45) is 0 Å². The van der Waals surface area contributed by atoms with Crippen LogP contribution < -0.4 is 19.5 Å². The number of nitriles is 1. The van der Waals surface area contributed by atoms with Crippen molar-refractivity contribution in [2.75, 3.05) is 26.1 Å². The first-order chi connectivity index (χ1) is 13.6. The Hall–Kier alpha value is -3.46. The van der Waals surface area contributed by atoms with E-state index in [-0.39, 0.29) is 5.57 Å². The summed E-state index contributed by atoms with van der Waals surface area (Å²) in [4.78, 5) is 12.4. The number of methoxy groups -OCH3 is 2. The maximum Gasteiger partial charge on any atom is 0.266 e. The van der Waals surface area contributed by atoms with Crippen LogP contribution in [0.5, 0.6) is 17.2 Å². The molecule has 0 atom stereocenters. The topological polar surface area (TPSA) is 80.6 Å². The maximum absolute atomic E-state index is 12.4. The van der Waals surface area contributed by atoms with Crippen LogP contribution in [0.3, 0.4) is 0 Å². The molecule has 28 heavy (non-hydrogen) atoms. The fraction of sp³-hybridized carbons (Fsp3) is 0.273.